The van der Waals surface area contributed by atoms with Gasteiger partial charge in [0.05, 0.1) is 0 Å². The molecule has 0 aromatic heterocycles. The zero-order valence-corrected chi connectivity index (χ0v) is 10.9. The molecule has 0 heterocycles. The summed E-state index contributed by atoms with van der Waals surface area (Å²) in [6.45, 7) is 7.57. The third kappa shape index (κ3) is 1.66. The first-order chi connectivity index (χ1) is 9.65. The highest BCUT2D eigenvalue weighted by atomic mass is 16.3. The van der Waals surface area contributed by atoms with E-state index in [0.717, 1.165) is 32.7 Å². The molecular formula is C18H14O2. The molecule has 3 aromatic rings. The van der Waals surface area contributed by atoms with Crippen LogP contribution in [0, 0.1) is 0 Å². The van der Waals surface area contributed by atoms with Crippen molar-refractivity contribution in [1.29, 1.82) is 0 Å². The molecule has 0 radical (unpaired) electrons. The van der Waals surface area contributed by atoms with Crippen LogP contribution in [0.5, 0.6) is 11.5 Å². The topological polar surface area (TPSA) is 40.5 Å². The van der Waals surface area contributed by atoms with Crippen molar-refractivity contribution in [3.8, 4) is 11.5 Å². The summed E-state index contributed by atoms with van der Waals surface area (Å²) in [6.07, 6.45) is 3.48. The molecule has 2 nitrogen and oxygen atoms in total. The maximum atomic E-state index is 10.1. The lowest BCUT2D eigenvalue weighted by Crippen LogP contribution is -1.84. The van der Waals surface area contributed by atoms with Crippen LogP contribution in [0.2, 0.25) is 0 Å². The molecule has 0 unspecified atom stereocenters. The molecule has 3 aromatic carbocycles. The summed E-state index contributed by atoms with van der Waals surface area (Å²) in [5, 5.41) is 23.3. The summed E-state index contributed by atoms with van der Waals surface area (Å²) in [5.41, 5.74) is 1.84. The molecule has 98 valence electrons. The Morgan fingerprint density at radius 3 is 1.40 bits per heavy atom. The van der Waals surface area contributed by atoms with Crippen LogP contribution >= 0.6 is 0 Å². The molecule has 2 heteroatoms. The minimum absolute atomic E-state index is 0.214. The van der Waals surface area contributed by atoms with Gasteiger partial charge in [-0.05, 0) is 46.2 Å². The summed E-state index contributed by atoms with van der Waals surface area (Å²) >= 11 is 0. The normalized spacial score (nSPS) is 10.8. The highest BCUT2D eigenvalue weighted by Crippen LogP contribution is 2.36. The quantitative estimate of drug-likeness (QED) is 0.658. The second kappa shape index (κ2) is 4.42. The Labute approximate surface area is 116 Å². The van der Waals surface area contributed by atoms with Crippen molar-refractivity contribution < 1.29 is 10.2 Å². The van der Waals surface area contributed by atoms with Gasteiger partial charge in [0, 0.05) is 10.8 Å². The zero-order chi connectivity index (χ0) is 14.3. The van der Waals surface area contributed by atoms with Crippen LogP contribution in [0.25, 0.3) is 33.7 Å². The van der Waals surface area contributed by atoms with Gasteiger partial charge < -0.3 is 10.2 Å². The van der Waals surface area contributed by atoms with E-state index in [-0.39, 0.29) is 11.5 Å². The maximum absolute atomic E-state index is 10.1. The lowest BCUT2D eigenvalue weighted by molar-refractivity contribution is 0.480. The number of hydrogen-bond acceptors (Lipinski definition) is 2. The molecule has 0 atom stereocenters. The first-order valence-electron chi connectivity index (χ1n) is 6.32. The molecule has 0 aliphatic heterocycles. The fraction of sp³-hybridized carbons (Fsp3) is 0. The number of fused-ring (bicyclic) bond motifs is 2. The monoisotopic (exact) mass is 262 g/mol. The fourth-order valence-electron chi connectivity index (χ4n) is 2.55. The second-order valence-electron chi connectivity index (χ2n) is 4.70. The SMILES string of the molecule is C=Cc1ccc(O)c2cc3c(C=C)ccc(O)c3cc12. The van der Waals surface area contributed by atoms with Crippen molar-refractivity contribution in [3.63, 3.8) is 0 Å². The van der Waals surface area contributed by atoms with Crippen LogP contribution in [0.15, 0.2) is 49.6 Å². The Bertz CT molecular complexity index is 787. The number of aromatic hydroxyl groups is 2. The van der Waals surface area contributed by atoms with Gasteiger partial charge in [0.2, 0.25) is 0 Å². The van der Waals surface area contributed by atoms with Gasteiger partial charge in [-0.1, -0.05) is 37.4 Å². The predicted octanol–water partition coefficient (Wildman–Crippen LogP) is 4.69. The van der Waals surface area contributed by atoms with Crippen molar-refractivity contribution in [2.75, 3.05) is 0 Å². The Balaban J connectivity index is 2.58. The molecule has 0 aliphatic carbocycles. The molecule has 0 aliphatic rings. The van der Waals surface area contributed by atoms with Crippen LogP contribution in [-0.4, -0.2) is 10.2 Å². The average Bonchev–Trinajstić information content (AvgIpc) is 2.47. The second-order valence-corrected chi connectivity index (χ2v) is 4.70. The molecule has 0 bridgehead atoms. The Morgan fingerprint density at radius 1 is 0.650 bits per heavy atom. The van der Waals surface area contributed by atoms with Crippen LogP contribution in [-0.2, 0) is 0 Å². The third-order valence-corrected chi connectivity index (χ3v) is 3.61. The van der Waals surface area contributed by atoms with Crippen molar-refractivity contribution in [3.05, 3.63) is 60.7 Å². The molecular weight excluding hydrogens is 248 g/mol. The van der Waals surface area contributed by atoms with Gasteiger partial charge in [0.15, 0.2) is 0 Å². The van der Waals surface area contributed by atoms with E-state index >= 15 is 0 Å². The average molecular weight is 262 g/mol. The minimum atomic E-state index is 0.214. The largest absolute Gasteiger partial charge is 0.507 e. The summed E-state index contributed by atoms with van der Waals surface area (Å²) in [5.74, 6) is 0.428. The van der Waals surface area contributed by atoms with E-state index in [1.54, 1.807) is 24.3 Å². The van der Waals surface area contributed by atoms with E-state index in [1.165, 1.54) is 0 Å². The van der Waals surface area contributed by atoms with Gasteiger partial charge in [0.25, 0.3) is 0 Å². The van der Waals surface area contributed by atoms with E-state index in [0.29, 0.717) is 0 Å². The third-order valence-electron chi connectivity index (χ3n) is 3.61. The fourth-order valence-corrected chi connectivity index (χ4v) is 2.55. The Morgan fingerprint density at radius 2 is 1.05 bits per heavy atom. The summed E-state index contributed by atoms with van der Waals surface area (Å²) in [6, 6.07) is 10.7. The molecule has 3 rings (SSSR count). The van der Waals surface area contributed by atoms with Crippen molar-refractivity contribution in [1.82, 2.24) is 0 Å². The molecule has 0 saturated heterocycles. The number of phenolic OH excluding ortho intramolecular Hbond substituents is 2. The van der Waals surface area contributed by atoms with Crippen LogP contribution in [0.3, 0.4) is 0 Å². The van der Waals surface area contributed by atoms with Gasteiger partial charge in [-0.3, -0.25) is 0 Å². The predicted molar refractivity (Wildman–Crippen MR) is 85.0 cm³/mol. The Kier molecular flexibility index (Phi) is 2.72. The highest BCUT2D eigenvalue weighted by Gasteiger charge is 2.09. The van der Waals surface area contributed by atoms with Gasteiger partial charge in [-0.25, -0.2) is 0 Å². The molecule has 2 N–H and O–H groups in total. The number of rotatable bonds is 2. The highest BCUT2D eigenvalue weighted by molar-refractivity contribution is 6.08. The summed E-state index contributed by atoms with van der Waals surface area (Å²) < 4.78 is 0. The van der Waals surface area contributed by atoms with Gasteiger partial charge in [-0.15, -0.1) is 0 Å². The Hall–Kier alpha value is -2.74. The van der Waals surface area contributed by atoms with Crippen molar-refractivity contribution in [2.24, 2.45) is 0 Å². The molecule has 0 saturated carbocycles. The molecule has 0 amide bonds. The summed E-state index contributed by atoms with van der Waals surface area (Å²) in [4.78, 5) is 0. The van der Waals surface area contributed by atoms with E-state index in [2.05, 4.69) is 13.2 Å². The lowest BCUT2D eigenvalue weighted by atomic mass is 9.96. The van der Waals surface area contributed by atoms with Gasteiger partial charge in [0.1, 0.15) is 11.5 Å². The van der Waals surface area contributed by atoms with Gasteiger partial charge >= 0.3 is 0 Å². The first kappa shape index (κ1) is 12.3. The van der Waals surface area contributed by atoms with Crippen LogP contribution in [0.4, 0.5) is 0 Å². The van der Waals surface area contributed by atoms with E-state index in [9.17, 15) is 10.2 Å². The van der Waals surface area contributed by atoms with E-state index < -0.39 is 0 Å². The minimum Gasteiger partial charge on any atom is -0.507 e. The molecule has 20 heavy (non-hydrogen) atoms. The van der Waals surface area contributed by atoms with Crippen LogP contribution in [0.1, 0.15) is 11.1 Å². The summed E-state index contributed by atoms with van der Waals surface area (Å²) in [7, 11) is 0. The zero-order valence-electron chi connectivity index (χ0n) is 10.9. The van der Waals surface area contributed by atoms with E-state index in [1.807, 2.05) is 24.3 Å². The smallest absolute Gasteiger partial charge is 0.123 e. The van der Waals surface area contributed by atoms with Crippen LogP contribution < -0.4 is 0 Å². The molecule has 0 fully saturated rings. The van der Waals surface area contributed by atoms with Crippen molar-refractivity contribution >= 4 is 33.7 Å². The molecule has 0 spiro atoms. The lowest BCUT2D eigenvalue weighted by Gasteiger charge is -2.10. The first-order valence-corrected chi connectivity index (χ1v) is 6.32. The maximum Gasteiger partial charge on any atom is 0.123 e. The number of benzene rings is 3. The number of hydrogen-bond donors (Lipinski definition) is 2. The number of phenols is 2. The van der Waals surface area contributed by atoms with E-state index in [4.69, 9.17) is 0 Å². The van der Waals surface area contributed by atoms with Gasteiger partial charge in [-0.2, -0.15) is 0 Å². The standard InChI is InChI=1S/C18H14O2/c1-3-11-5-7-17(19)15-10-14-12(4-2)6-8-18(20)16(14)9-13(11)15/h3-10,19-20H,1-2H2. The van der Waals surface area contributed by atoms with Crippen molar-refractivity contribution in [2.45, 2.75) is 0 Å².